The molecule has 2 rings (SSSR count). The van der Waals surface area contributed by atoms with Gasteiger partial charge in [-0.05, 0) is 44.0 Å². The molecule has 1 N–H and O–H groups in total. The van der Waals surface area contributed by atoms with E-state index >= 15 is 0 Å². The summed E-state index contributed by atoms with van der Waals surface area (Å²) in [7, 11) is 0. The van der Waals surface area contributed by atoms with Gasteiger partial charge >= 0.3 is 5.97 Å². The highest BCUT2D eigenvalue weighted by atomic mass is 16.4. The molecule has 0 aliphatic carbocycles. The molecule has 0 saturated heterocycles. The number of carbonyl (C=O) groups is 1. The van der Waals surface area contributed by atoms with Gasteiger partial charge in [-0.15, -0.1) is 5.10 Å². The molecule has 1 unspecified atom stereocenters. The molecule has 1 aromatic carbocycles. The Bertz CT molecular complexity index is 574. The van der Waals surface area contributed by atoms with Gasteiger partial charge in [-0.1, -0.05) is 5.21 Å². The van der Waals surface area contributed by atoms with E-state index in [1.165, 1.54) is 0 Å². The fourth-order valence-corrected chi connectivity index (χ4v) is 1.86. The maximum atomic E-state index is 10.7. The van der Waals surface area contributed by atoms with E-state index in [0.29, 0.717) is 0 Å². The number of aromatic nitrogens is 3. The van der Waals surface area contributed by atoms with Gasteiger partial charge in [0.2, 0.25) is 0 Å². The van der Waals surface area contributed by atoms with Gasteiger partial charge < -0.3 is 5.11 Å². The molecule has 0 spiro atoms. The summed E-state index contributed by atoms with van der Waals surface area (Å²) < 4.78 is 1.68. The Labute approximate surface area is 99.1 Å². The summed E-state index contributed by atoms with van der Waals surface area (Å²) in [5.74, 6) is -0.829. The number of carboxylic acids is 1. The number of nitrogens with zero attached hydrogens (tertiary/aromatic N) is 3. The van der Waals surface area contributed by atoms with Crippen LogP contribution in [0.25, 0.3) is 11.0 Å². The van der Waals surface area contributed by atoms with Crippen molar-refractivity contribution in [1.29, 1.82) is 0 Å². The average Bonchev–Trinajstić information content (AvgIpc) is 2.60. The first kappa shape index (κ1) is 11.6. The first-order chi connectivity index (χ1) is 7.99. The van der Waals surface area contributed by atoms with Crippen LogP contribution in [0.5, 0.6) is 0 Å². The highest BCUT2D eigenvalue weighted by Crippen LogP contribution is 2.21. The quantitative estimate of drug-likeness (QED) is 0.881. The van der Waals surface area contributed by atoms with Crippen molar-refractivity contribution in [1.82, 2.24) is 15.0 Å². The van der Waals surface area contributed by atoms with Crippen molar-refractivity contribution in [3.63, 3.8) is 0 Å². The molecule has 5 heteroatoms. The Morgan fingerprint density at radius 1 is 1.41 bits per heavy atom. The summed E-state index contributed by atoms with van der Waals surface area (Å²) in [6.07, 6.45) is 0.0470. The summed E-state index contributed by atoms with van der Waals surface area (Å²) >= 11 is 0. The molecule has 0 saturated carbocycles. The predicted octanol–water partition coefficient (Wildman–Crippen LogP) is 2.08. The minimum absolute atomic E-state index is 0.0470. The van der Waals surface area contributed by atoms with Gasteiger partial charge in [0.1, 0.15) is 5.52 Å². The van der Waals surface area contributed by atoms with E-state index in [4.69, 9.17) is 5.11 Å². The fraction of sp³-hybridized carbons (Fsp3) is 0.417. The number of carboxylic acid groups (broad SMARTS) is 1. The Morgan fingerprint density at radius 3 is 2.71 bits per heavy atom. The van der Waals surface area contributed by atoms with E-state index in [2.05, 4.69) is 10.3 Å². The molecule has 0 bridgehead atoms. The SMILES string of the molecule is Cc1cc2nnn(C(C)CC(=O)O)c2cc1C. The number of aryl methyl sites for hydroxylation is 2. The third-order valence-corrected chi connectivity index (χ3v) is 2.97. The number of benzene rings is 1. The molecule has 0 aliphatic heterocycles. The molecular weight excluding hydrogens is 218 g/mol. The summed E-state index contributed by atoms with van der Waals surface area (Å²) in [6, 6.07) is 3.78. The number of fused-ring (bicyclic) bond motifs is 1. The molecule has 1 heterocycles. The number of aliphatic carboxylic acids is 1. The second-order valence-corrected chi connectivity index (χ2v) is 4.41. The molecule has 90 valence electrons. The predicted molar refractivity (Wildman–Crippen MR) is 64.0 cm³/mol. The molecule has 1 atom stereocenters. The van der Waals surface area contributed by atoms with Crippen molar-refractivity contribution in [2.24, 2.45) is 0 Å². The molecule has 0 fully saturated rings. The van der Waals surface area contributed by atoms with Crippen molar-refractivity contribution in [2.45, 2.75) is 33.2 Å². The van der Waals surface area contributed by atoms with E-state index in [0.717, 1.165) is 22.2 Å². The van der Waals surface area contributed by atoms with E-state index in [-0.39, 0.29) is 12.5 Å². The Kier molecular flexibility index (Phi) is 2.83. The molecular formula is C12H15N3O2. The first-order valence-electron chi connectivity index (χ1n) is 5.53. The lowest BCUT2D eigenvalue weighted by molar-refractivity contribution is -0.137. The standard InChI is InChI=1S/C12H15N3O2/c1-7-4-10-11(5-8(7)2)15(14-13-10)9(3)6-12(16)17/h4-5,9H,6H2,1-3H3,(H,16,17). The minimum Gasteiger partial charge on any atom is -0.481 e. The summed E-state index contributed by atoms with van der Waals surface area (Å²) in [4.78, 5) is 10.7. The molecule has 17 heavy (non-hydrogen) atoms. The van der Waals surface area contributed by atoms with E-state index < -0.39 is 5.97 Å². The van der Waals surface area contributed by atoms with Crippen LogP contribution < -0.4 is 0 Å². The lowest BCUT2D eigenvalue weighted by atomic mass is 10.1. The topological polar surface area (TPSA) is 68.0 Å². The highest BCUT2D eigenvalue weighted by molar-refractivity contribution is 5.76. The van der Waals surface area contributed by atoms with Crippen LogP contribution in [0.3, 0.4) is 0 Å². The van der Waals surface area contributed by atoms with Crippen LogP contribution in [-0.2, 0) is 4.79 Å². The van der Waals surface area contributed by atoms with E-state index in [9.17, 15) is 4.79 Å². The maximum Gasteiger partial charge on any atom is 0.305 e. The van der Waals surface area contributed by atoms with Crippen molar-refractivity contribution >= 4 is 17.0 Å². The van der Waals surface area contributed by atoms with Crippen LogP contribution in [0.15, 0.2) is 12.1 Å². The van der Waals surface area contributed by atoms with Crippen molar-refractivity contribution in [3.05, 3.63) is 23.3 Å². The number of rotatable bonds is 3. The van der Waals surface area contributed by atoms with Gasteiger partial charge in [0.25, 0.3) is 0 Å². The summed E-state index contributed by atoms with van der Waals surface area (Å²) in [5.41, 5.74) is 4.02. The third kappa shape index (κ3) is 2.13. The van der Waals surface area contributed by atoms with Crippen LogP contribution in [0, 0.1) is 13.8 Å². The molecule has 0 aliphatic rings. The van der Waals surface area contributed by atoms with Crippen molar-refractivity contribution in [2.75, 3.05) is 0 Å². The fourth-order valence-electron chi connectivity index (χ4n) is 1.86. The van der Waals surface area contributed by atoms with Crippen molar-refractivity contribution < 1.29 is 9.90 Å². The van der Waals surface area contributed by atoms with E-state index in [1.54, 1.807) is 4.68 Å². The van der Waals surface area contributed by atoms with Crippen LogP contribution in [0.4, 0.5) is 0 Å². The highest BCUT2D eigenvalue weighted by Gasteiger charge is 2.14. The molecule has 1 aromatic heterocycles. The molecule has 2 aromatic rings. The Morgan fingerprint density at radius 2 is 2.06 bits per heavy atom. The zero-order valence-electron chi connectivity index (χ0n) is 10.1. The minimum atomic E-state index is -0.829. The van der Waals surface area contributed by atoms with E-state index in [1.807, 2.05) is 32.9 Å². The second-order valence-electron chi connectivity index (χ2n) is 4.41. The monoisotopic (exact) mass is 233 g/mol. The third-order valence-electron chi connectivity index (χ3n) is 2.97. The van der Waals surface area contributed by atoms with Gasteiger partial charge in [-0.2, -0.15) is 0 Å². The maximum absolute atomic E-state index is 10.7. The number of hydrogen-bond donors (Lipinski definition) is 1. The normalized spacial score (nSPS) is 12.9. The van der Waals surface area contributed by atoms with Gasteiger partial charge in [0.05, 0.1) is 18.0 Å². The zero-order valence-corrected chi connectivity index (χ0v) is 10.1. The van der Waals surface area contributed by atoms with Gasteiger partial charge in [0, 0.05) is 0 Å². The largest absolute Gasteiger partial charge is 0.481 e. The van der Waals surface area contributed by atoms with Crippen LogP contribution in [-0.4, -0.2) is 26.1 Å². The van der Waals surface area contributed by atoms with Gasteiger partial charge in [0.15, 0.2) is 0 Å². The molecule has 0 radical (unpaired) electrons. The lowest BCUT2D eigenvalue weighted by Gasteiger charge is -2.10. The molecule has 0 amide bonds. The lowest BCUT2D eigenvalue weighted by Crippen LogP contribution is -2.11. The zero-order chi connectivity index (χ0) is 12.6. The van der Waals surface area contributed by atoms with Crippen LogP contribution in [0.1, 0.15) is 30.5 Å². The second kappa shape index (κ2) is 4.16. The summed E-state index contributed by atoms with van der Waals surface area (Å²) in [5, 5.41) is 16.9. The average molecular weight is 233 g/mol. The summed E-state index contributed by atoms with van der Waals surface area (Å²) in [6.45, 7) is 5.87. The van der Waals surface area contributed by atoms with Gasteiger partial charge in [-0.25, -0.2) is 4.68 Å². The van der Waals surface area contributed by atoms with Crippen LogP contribution in [0.2, 0.25) is 0 Å². The molecule has 5 nitrogen and oxygen atoms in total. The Balaban J connectivity index is 2.48. The van der Waals surface area contributed by atoms with Crippen molar-refractivity contribution in [3.8, 4) is 0 Å². The first-order valence-corrected chi connectivity index (χ1v) is 5.53. The van der Waals surface area contributed by atoms with Gasteiger partial charge in [-0.3, -0.25) is 4.79 Å². The number of hydrogen-bond acceptors (Lipinski definition) is 3. The smallest absolute Gasteiger partial charge is 0.305 e. The Hall–Kier alpha value is -1.91. The van der Waals surface area contributed by atoms with Crippen LogP contribution >= 0.6 is 0 Å².